The van der Waals surface area contributed by atoms with Gasteiger partial charge in [0, 0.05) is 0 Å². The number of nitrogens with zero attached hydrogens (tertiary/aromatic N) is 1. The molecule has 0 aliphatic heterocycles. The third kappa shape index (κ3) is 15.5. The molecule has 0 atom stereocenters. The fourth-order valence-corrected chi connectivity index (χ4v) is 22.4. The summed E-state index contributed by atoms with van der Waals surface area (Å²) in [6, 6.07) is 8.34. The van der Waals surface area contributed by atoms with Crippen molar-refractivity contribution in [3.05, 3.63) is 35.4 Å². The number of rotatable bonds is 9. The van der Waals surface area contributed by atoms with E-state index < -0.39 is 13.5 Å². The van der Waals surface area contributed by atoms with Gasteiger partial charge in [-0.15, -0.1) is 0 Å². The number of hydrogen-bond donors (Lipinski definition) is 0. The summed E-state index contributed by atoms with van der Waals surface area (Å²) in [4.78, 5) is 2.14. The van der Waals surface area contributed by atoms with Crippen LogP contribution in [0.4, 0.5) is 0 Å². The molecular formula is C46H79Cl2NP2Ru. The molecule has 0 spiro atoms. The van der Waals surface area contributed by atoms with E-state index in [-0.39, 0.29) is 0 Å². The molecule has 1 aromatic carbocycles. The van der Waals surface area contributed by atoms with Gasteiger partial charge in [-0.1, -0.05) is 131 Å². The molecule has 0 unspecified atom stereocenters. The number of hydrogen-bond acceptors (Lipinski definition) is 1. The van der Waals surface area contributed by atoms with Gasteiger partial charge in [0.25, 0.3) is 0 Å². The van der Waals surface area contributed by atoms with Crippen molar-refractivity contribution in [3.63, 3.8) is 0 Å². The maximum atomic E-state index is 5.78. The van der Waals surface area contributed by atoms with E-state index in [0.717, 1.165) is 12.1 Å². The van der Waals surface area contributed by atoms with Gasteiger partial charge in [-0.25, -0.2) is 0 Å². The van der Waals surface area contributed by atoms with Crippen molar-refractivity contribution in [3.8, 4) is 0 Å². The average molecular weight is 880 g/mol. The van der Waals surface area contributed by atoms with Gasteiger partial charge in [0.15, 0.2) is 0 Å². The zero-order valence-electron chi connectivity index (χ0n) is 33.7. The van der Waals surface area contributed by atoms with Crippen LogP contribution >= 0.6 is 35.2 Å². The zero-order chi connectivity index (χ0) is 36.4. The van der Waals surface area contributed by atoms with Gasteiger partial charge in [-0.05, 0) is 111 Å². The molecule has 0 heterocycles. The van der Waals surface area contributed by atoms with Gasteiger partial charge < -0.3 is 0 Å². The monoisotopic (exact) mass is 879 g/mol. The summed E-state index contributed by atoms with van der Waals surface area (Å²) < 4.78 is 1.95. The van der Waals surface area contributed by atoms with Gasteiger partial charge in [-0.2, -0.15) is 0 Å². The molecular weight excluding hydrogens is 800 g/mol. The van der Waals surface area contributed by atoms with Crippen LogP contribution in [0, 0.1) is 0 Å². The van der Waals surface area contributed by atoms with E-state index in [0.29, 0.717) is 15.8 Å². The van der Waals surface area contributed by atoms with E-state index in [1.165, 1.54) is 78.0 Å². The summed E-state index contributed by atoms with van der Waals surface area (Å²) in [5, 5.41) is 0. The Morgan fingerprint density at radius 1 is 0.462 bits per heavy atom. The van der Waals surface area contributed by atoms with Gasteiger partial charge in [0.2, 0.25) is 0 Å². The first-order chi connectivity index (χ1) is 25.5. The predicted molar refractivity (Wildman–Crippen MR) is 236 cm³/mol. The van der Waals surface area contributed by atoms with E-state index in [4.69, 9.17) is 19.4 Å². The van der Waals surface area contributed by atoms with Crippen LogP contribution in [0.3, 0.4) is 0 Å². The molecule has 6 aliphatic carbocycles. The van der Waals surface area contributed by atoms with E-state index in [1.54, 1.807) is 154 Å². The van der Waals surface area contributed by atoms with E-state index in [1.807, 2.05) is 4.61 Å². The Morgan fingerprint density at radius 2 is 0.712 bits per heavy atom. The maximum absolute atomic E-state index is 5.78. The Morgan fingerprint density at radius 3 is 0.923 bits per heavy atom. The zero-order valence-corrected chi connectivity index (χ0v) is 38.8. The van der Waals surface area contributed by atoms with Crippen LogP contribution in [0.2, 0.25) is 0 Å². The fourth-order valence-electron chi connectivity index (χ4n) is 11.2. The van der Waals surface area contributed by atoms with Gasteiger partial charge in [0.1, 0.15) is 0 Å². The standard InChI is InChI=1S/2C18H33P.C10H13N.2ClH.Ru/c2*1-4-10-16(11-5-1)19(17-12-6-2-7-13-17)18-14-8-3-9-15-18;1-9-4-6-10(7-5-9)8-11(2)3;;;/h2*16-18H,1-15H2;1,4-7H,8H2,2-3H3;2*1H;/q;;;;;+2/p-2. The second-order valence-corrected chi connectivity index (χ2v) is 29.8. The summed E-state index contributed by atoms with van der Waals surface area (Å²) in [5.41, 5.74) is 9.56. The Kier molecular flexibility index (Phi) is 21.7. The topological polar surface area (TPSA) is 3.24 Å². The molecule has 6 heteroatoms. The van der Waals surface area contributed by atoms with Gasteiger partial charge >= 0.3 is 98.4 Å². The Bertz CT molecular complexity index is 950. The first-order valence-electron chi connectivity index (χ1n) is 22.6. The van der Waals surface area contributed by atoms with E-state index >= 15 is 0 Å². The molecule has 0 bridgehead atoms. The normalized spacial score (nSPS) is 24.2. The number of halogens is 2. The minimum absolute atomic E-state index is 0.385. The molecule has 300 valence electrons. The quantitative estimate of drug-likeness (QED) is 0.176. The molecule has 7 rings (SSSR count). The Balaban J connectivity index is 0.000000153. The molecule has 6 saturated carbocycles. The average Bonchev–Trinajstić information content (AvgIpc) is 3.19. The fraction of sp³-hybridized carbons (Fsp3) is 0.848. The second kappa shape index (κ2) is 25.5. The van der Waals surface area contributed by atoms with E-state index in [2.05, 4.69) is 43.3 Å². The van der Waals surface area contributed by atoms with Crippen molar-refractivity contribution in [2.24, 2.45) is 0 Å². The third-order valence-electron chi connectivity index (χ3n) is 13.7. The van der Waals surface area contributed by atoms with Crippen molar-refractivity contribution in [2.45, 2.75) is 233 Å². The van der Waals surface area contributed by atoms with Crippen molar-refractivity contribution in [2.75, 3.05) is 14.1 Å². The summed E-state index contributed by atoms with van der Waals surface area (Å²) in [6.45, 7) is 0.962. The van der Waals surface area contributed by atoms with Crippen LogP contribution in [-0.4, -0.2) is 57.6 Å². The Hall–Kier alpha value is 1.11. The molecule has 0 radical (unpaired) electrons. The molecule has 0 aromatic heterocycles. The first kappa shape index (κ1) is 44.2. The van der Waals surface area contributed by atoms with Crippen LogP contribution in [0.1, 0.15) is 204 Å². The molecule has 0 N–H and O–H groups in total. The molecule has 1 nitrogen and oxygen atoms in total. The van der Waals surface area contributed by atoms with Crippen LogP contribution in [0.25, 0.3) is 0 Å². The van der Waals surface area contributed by atoms with Crippen molar-refractivity contribution in [1.82, 2.24) is 4.90 Å². The van der Waals surface area contributed by atoms with Crippen molar-refractivity contribution in [1.29, 1.82) is 0 Å². The molecule has 52 heavy (non-hydrogen) atoms. The van der Waals surface area contributed by atoms with Crippen LogP contribution in [0.5, 0.6) is 0 Å². The van der Waals surface area contributed by atoms with Gasteiger partial charge in [-0.3, -0.25) is 0 Å². The van der Waals surface area contributed by atoms with E-state index in [9.17, 15) is 0 Å². The van der Waals surface area contributed by atoms with Gasteiger partial charge in [0.05, 0.1) is 0 Å². The summed E-state index contributed by atoms with van der Waals surface area (Å²) in [5.74, 6) is 0. The van der Waals surface area contributed by atoms with Crippen LogP contribution in [0.15, 0.2) is 24.3 Å². The van der Waals surface area contributed by atoms with Crippen LogP contribution < -0.4 is 0 Å². The summed E-state index contributed by atoms with van der Waals surface area (Å²) in [7, 11) is 16.4. The SMILES string of the molecule is C1CCC(P(C2CCCCC2)C2CCCCC2)CC1.C1CCC(P(C2CCCCC2)C2CCCCC2)CC1.CN(C)Cc1ccc([CH]=[Ru]([Cl])[Cl])cc1. The number of benzene rings is 1. The molecule has 6 aliphatic rings. The first-order valence-corrected chi connectivity index (χ1v) is 31.2. The molecule has 1 aromatic rings. The molecule has 0 saturated heterocycles. The van der Waals surface area contributed by atoms with Crippen molar-refractivity contribution >= 4 is 39.8 Å². The summed E-state index contributed by atoms with van der Waals surface area (Å²) in [6.07, 6.45) is 47.2. The minimum atomic E-state index is -1.67. The third-order valence-corrected chi connectivity index (χ3v) is 23.7. The Labute approximate surface area is 338 Å². The van der Waals surface area contributed by atoms with Crippen molar-refractivity contribution < 1.29 is 13.5 Å². The van der Waals surface area contributed by atoms with Crippen LogP contribution in [-0.2, 0) is 20.1 Å². The second-order valence-electron chi connectivity index (χ2n) is 17.9. The summed E-state index contributed by atoms with van der Waals surface area (Å²) >= 11 is -1.67. The molecule has 6 fully saturated rings. The predicted octanol–water partition coefficient (Wildman–Crippen LogP) is 15.8. The molecule has 0 amide bonds.